The number of rotatable bonds is 4. The van der Waals surface area contributed by atoms with E-state index in [2.05, 4.69) is 11.8 Å². The SMILES string of the molecule is COc1ccc(C#Cc2cccc(C(C)N(O)C(C)=O)c2)cc1OC. The van der Waals surface area contributed by atoms with Gasteiger partial charge in [0.05, 0.1) is 20.3 Å². The van der Waals surface area contributed by atoms with Crippen LogP contribution >= 0.6 is 0 Å². The molecule has 0 aliphatic heterocycles. The molecule has 1 unspecified atom stereocenters. The molecule has 5 nitrogen and oxygen atoms in total. The van der Waals surface area contributed by atoms with Crippen molar-refractivity contribution in [2.45, 2.75) is 19.9 Å². The van der Waals surface area contributed by atoms with Crippen LogP contribution in [0.5, 0.6) is 11.5 Å². The lowest BCUT2D eigenvalue weighted by molar-refractivity contribution is -0.172. The van der Waals surface area contributed by atoms with Gasteiger partial charge >= 0.3 is 0 Å². The Bertz CT molecular complexity index is 820. The first-order valence-electron chi connectivity index (χ1n) is 7.79. The molecule has 0 aliphatic carbocycles. The molecule has 1 N–H and O–H groups in total. The molecule has 0 saturated carbocycles. The van der Waals surface area contributed by atoms with Crippen molar-refractivity contribution in [3.05, 3.63) is 59.2 Å². The summed E-state index contributed by atoms with van der Waals surface area (Å²) in [7, 11) is 3.16. The van der Waals surface area contributed by atoms with Crippen LogP contribution in [0.1, 0.15) is 36.6 Å². The lowest BCUT2D eigenvalue weighted by Gasteiger charge is -2.21. The van der Waals surface area contributed by atoms with E-state index < -0.39 is 11.9 Å². The number of hydrogen-bond acceptors (Lipinski definition) is 4. The standard InChI is InChI=1S/C20H21NO4/c1-14(21(23)15(2)22)18-7-5-6-16(12-18)8-9-17-10-11-19(24-3)20(13-17)25-4/h5-7,10-14,23H,1-4H3. The van der Waals surface area contributed by atoms with Crippen molar-refractivity contribution in [2.75, 3.05) is 14.2 Å². The molecule has 2 rings (SSSR count). The second-order valence-corrected chi connectivity index (χ2v) is 5.48. The van der Waals surface area contributed by atoms with Gasteiger partial charge in [0.25, 0.3) is 0 Å². The monoisotopic (exact) mass is 339 g/mol. The summed E-state index contributed by atoms with van der Waals surface area (Å²) in [6.07, 6.45) is 0. The Morgan fingerprint density at radius 1 is 1.04 bits per heavy atom. The maximum atomic E-state index is 11.3. The number of hydrogen-bond donors (Lipinski definition) is 1. The fraction of sp³-hybridized carbons (Fsp3) is 0.250. The van der Waals surface area contributed by atoms with Crippen LogP contribution in [0.4, 0.5) is 0 Å². The summed E-state index contributed by atoms with van der Waals surface area (Å²) < 4.78 is 10.5. The first kappa shape index (κ1) is 18.4. The number of amides is 1. The Hall–Kier alpha value is -2.97. The Morgan fingerprint density at radius 2 is 1.68 bits per heavy atom. The van der Waals surface area contributed by atoms with Gasteiger partial charge in [-0.15, -0.1) is 0 Å². The first-order chi connectivity index (χ1) is 12.0. The minimum Gasteiger partial charge on any atom is -0.493 e. The van der Waals surface area contributed by atoms with Crippen LogP contribution in [-0.2, 0) is 4.79 Å². The minimum absolute atomic E-state index is 0.408. The van der Waals surface area contributed by atoms with Gasteiger partial charge in [0.15, 0.2) is 11.5 Å². The Morgan fingerprint density at radius 3 is 2.28 bits per heavy atom. The quantitative estimate of drug-likeness (QED) is 0.527. The van der Waals surface area contributed by atoms with Crippen LogP contribution in [0, 0.1) is 11.8 Å². The molecular weight excluding hydrogens is 318 g/mol. The molecule has 0 heterocycles. The highest BCUT2D eigenvalue weighted by atomic mass is 16.5. The highest BCUT2D eigenvalue weighted by molar-refractivity contribution is 5.72. The second kappa shape index (κ2) is 8.22. The number of nitrogens with zero attached hydrogens (tertiary/aromatic N) is 1. The van der Waals surface area contributed by atoms with Crippen molar-refractivity contribution < 1.29 is 19.5 Å². The molecule has 2 aromatic rings. The number of ether oxygens (including phenoxy) is 2. The molecule has 1 amide bonds. The summed E-state index contributed by atoms with van der Waals surface area (Å²) >= 11 is 0. The zero-order valence-corrected chi connectivity index (χ0v) is 14.7. The molecular formula is C20H21NO4. The van der Waals surface area contributed by atoms with Crippen LogP contribution < -0.4 is 9.47 Å². The normalized spacial score (nSPS) is 11.1. The van der Waals surface area contributed by atoms with Gasteiger partial charge < -0.3 is 9.47 Å². The molecule has 0 fully saturated rings. The van der Waals surface area contributed by atoms with E-state index in [9.17, 15) is 10.0 Å². The summed E-state index contributed by atoms with van der Waals surface area (Å²) in [4.78, 5) is 11.3. The summed E-state index contributed by atoms with van der Waals surface area (Å²) in [5, 5.41) is 10.5. The predicted octanol–water partition coefficient (Wildman–Crippen LogP) is 3.40. The van der Waals surface area contributed by atoms with Crippen LogP contribution in [0.25, 0.3) is 0 Å². The van der Waals surface area contributed by atoms with E-state index in [0.717, 1.165) is 16.7 Å². The van der Waals surface area contributed by atoms with Gasteiger partial charge in [0.2, 0.25) is 5.91 Å². The Labute approximate surface area is 147 Å². The largest absolute Gasteiger partial charge is 0.493 e. The summed E-state index contributed by atoms with van der Waals surface area (Å²) in [5.74, 6) is 7.02. The van der Waals surface area contributed by atoms with Crippen LogP contribution in [0.2, 0.25) is 0 Å². The van der Waals surface area contributed by atoms with E-state index in [1.54, 1.807) is 27.2 Å². The van der Waals surface area contributed by atoms with Crippen LogP contribution in [-0.4, -0.2) is 30.4 Å². The molecule has 1 atom stereocenters. The predicted molar refractivity (Wildman–Crippen MR) is 94.7 cm³/mol. The number of methoxy groups -OCH3 is 2. The molecule has 0 saturated heterocycles. The van der Waals surface area contributed by atoms with E-state index in [-0.39, 0.29) is 0 Å². The topological polar surface area (TPSA) is 59.0 Å². The number of hydroxylamine groups is 2. The fourth-order valence-electron chi connectivity index (χ4n) is 2.35. The van der Waals surface area contributed by atoms with E-state index >= 15 is 0 Å². The average molecular weight is 339 g/mol. The highest BCUT2D eigenvalue weighted by Gasteiger charge is 2.16. The van der Waals surface area contributed by atoms with Crippen molar-refractivity contribution in [1.82, 2.24) is 5.06 Å². The summed E-state index contributed by atoms with van der Waals surface area (Å²) in [5.41, 5.74) is 2.39. The third-order valence-corrected chi connectivity index (χ3v) is 3.79. The third-order valence-electron chi connectivity index (χ3n) is 3.79. The van der Waals surface area contributed by atoms with E-state index in [1.807, 2.05) is 36.4 Å². The van der Waals surface area contributed by atoms with Gasteiger partial charge in [-0.3, -0.25) is 10.0 Å². The van der Waals surface area contributed by atoms with Crippen molar-refractivity contribution in [2.24, 2.45) is 0 Å². The van der Waals surface area contributed by atoms with Gasteiger partial charge in [-0.2, -0.15) is 0 Å². The molecule has 0 spiro atoms. The van der Waals surface area contributed by atoms with Crippen molar-refractivity contribution >= 4 is 5.91 Å². The van der Waals surface area contributed by atoms with Crippen LogP contribution in [0.15, 0.2) is 42.5 Å². The Balaban J connectivity index is 2.26. The molecule has 130 valence electrons. The van der Waals surface area contributed by atoms with Crippen molar-refractivity contribution in [3.8, 4) is 23.3 Å². The molecule has 0 aliphatic rings. The summed E-state index contributed by atoms with van der Waals surface area (Å²) in [6.45, 7) is 3.07. The Kier molecular flexibility index (Phi) is 6.04. The molecule has 0 radical (unpaired) electrons. The van der Waals surface area contributed by atoms with E-state index in [4.69, 9.17) is 9.47 Å². The zero-order valence-electron chi connectivity index (χ0n) is 14.7. The van der Waals surface area contributed by atoms with E-state index in [1.165, 1.54) is 6.92 Å². The van der Waals surface area contributed by atoms with E-state index in [0.29, 0.717) is 16.6 Å². The second-order valence-electron chi connectivity index (χ2n) is 5.48. The van der Waals surface area contributed by atoms with Gasteiger partial charge in [-0.1, -0.05) is 24.0 Å². The van der Waals surface area contributed by atoms with Crippen LogP contribution in [0.3, 0.4) is 0 Å². The zero-order chi connectivity index (χ0) is 18.4. The summed E-state index contributed by atoms with van der Waals surface area (Å²) in [6, 6.07) is 12.4. The van der Waals surface area contributed by atoms with Gasteiger partial charge in [0.1, 0.15) is 0 Å². The van der Waals surface area contributed by atoms with Crippen molar-refractivity contribution in [1.29, 1.82) is 0 Å². The number of benzene rings is 2. The smallest absolute Gasteiger partial charge is 0.243 e. The fourth-order valence-corrected chi connectivity index (χ4v) is 2.35. The first-order valence-corrected chi connectivity index (χ1v) is 7.79. The molecule has 25 heavy (non-hydrogen) atoms. The molecule has 2 aromatic carbocycles. The number of carbonyl (C=O) groups excluding carboxylic acids is 1. The molecule has 0 bridgehead atoms. The van der Waals surface area contributed by atoms with Crippen molar-refractivity contribution in [3.63, 3.8) is 0 Å². The third kappa shape index (κ3) is 4.52. The van der Waals surface area contributed by atoms with Gasteiger partial charge in [-0.05, 0) is 42.8 Å². The maximum Gasteiger partial charge on any atom is 0.243 e. The maximum absolute atomic E-state index is 11.3. The molecule has 0 aromatic heterocycles. The minimum atomic E-state index is -0.444. The lowest BCUT2D eigenvalue weighted by Crippen LogP contribution is -2.27. The lowest BCUT2D eigenvalue weighted by atomic mass is 10.0. The van der Waals surface area contributed by atoms with Gasteiger partial charge in [-0.25, -0.2) is 5.06 Å². The molecule has 5 heteroatoms. The highest BCUT2D eigenvalue weighted by Crippen LogP contribution is 2.27. The number of carbonyl (C=O) groups is 1. The van der Waals surface area contributed by atoms with Gasteiger partial charge in [0, 0.05) is 18.1 Å². The average Bonchev–Trinajstić information content (AvgIpc) is 2.64.